The summed E-state index contributed by atoms with van der Waals surface area (Å²) in [5.74, 6) is -0.893. The fourth-order valence-electron chi connectivity index (χ4n) is 1.83. The zero-order chi connectivity index (χ0) is 17.7. The molecule has 2 N–H and O–H groups in total. The summed E-state index contributed by atoms with van der Waals surface area (Å²) in [5, 5.41) is 0.367. The van der Waals surface area contributed by atoms with Crippen molar-refractivity contribution in [2.75, 3.05) is 0 Å². The third kappa shape index (κ3) is 4.99. The molecule has 0 spiro atoms. The van der Waals surface area contributed by atoms with Gasteiger partial charge in [0.25, 0.3) is 0 Å². The average Bonchev–Trinajstić information content (AvgIpc) is 2.50. The van der Waals surface area contributed by atoms with E-state index in [2.05, 4.69) is 0 Å². The zero-order valence-corrected chi connectivity index (χ0v) is 14.6. The van der Waals surface area contributed by atoms with E-state index in [1.165, 1.54) is 24.3 Å². The summed E-state index contributed by atoms with van der Waals surface area (Å²) in [6, 6.07) is 12.7. The van der Waals surface area contributed by atoms with Crippen LogP contribution in [-0.2, 0) is 14.9 Å². The summed E-state index contributed by atoms with van der Waals surface area (Å²) in [4.78, 5) is 11.0. The van der Waals surface area contributed by atoms with E-state index in [-0.39, 0.29) is 15.7 Å². The Morgan fingerprint density at radius 3 is 2.38 bits per heavy atom. The van der Waals surface area contributed by atoms with Crippen LogP contribution < -0.4 is 9.92 Å². The number of rotatable bonds is 6. The number of carbonyl (C=O) groups is 1. The third-order valence-electron chi connectivity index (χ3n) is 2.89. The van der Waals surface area contributed by atoms with E-state index in [0.717, 1.165) is 0 Å². The molecule has 0 aromatic heterocycles. The zero-order valence-electron chi connectivity index (χ0n) is 12.3. The first-order valence-corrected chi connectivity index (χ1v) is 8.88. The topological polar surface area (TPSA) is 86.5 Å². The van der Waals surface area contributed by atoms with Crippen LogP contribution in [0.2, 0.25) is 10.0 Å². The molecular formula is C16H13Cl2NO4S. The molecule has 0 aliphatic carbocycles. The first-order valence-electron chi connectivity index (χ1n) is 6.71. The Hall–Kier alpha value is -2.02. The van der Waals surface area contributed by atoms with E-state index in [0.29, 0.717) is 10.6 Å². The number of nitrogens with two attached hydrogens (primary N) is 1. The molecule has 0 saturated heterocycles. The lowest BCUT2D eigenvalue weighted by Crippen LogP contribution is -2.19. The Labute approximate surface area is 149 Å². The first kappa shape index (κ1) is 18.3. The van der Waals surface area contributed by atoms with Gasteiger partial charge in [0.15, 0.2) is 5.75 Å². The molecule has 1 amide bonds. The Bertz CT molecular complexity index is 880. The summed E-state index contributed by atoms with van der Waals surface area (Å²) in [6.45, 7) is 0. The molecule has 24 heavy (non-hydrogen) atoms. The van der Waals surface area contributed by atoms with E-state index in [1.54, 1.807) is 30.3 Å². The first-order chi connectivity index (χ1) is 11.3. The van der Waals surface area contributed by atoms with Crippen molar-refractivity contribution in [2.24, 2.45) is 5.73 Å². The highest BCUT2D eigenvalue weighted by Gasteiger charge is 2.23. The van der Waals surface area contributed by atoms with Gasteiger partial charge in [-0.15, -0.1) is 0 Å². The van der Waals surface area contributed by atoms with Crippen LogP contribution in [0.15, 0.2) is 53.4 Å². The largest absolute Gasteiger partial charge is 0.378 e. The molecule has 0 aliphatic heterocycles. The minimum Gasteiger partial charge on any atom is -0.378 e. The summed E-state index contributed by atoms with van der Waals surface area (Å²) in [5.41, 5.74) is 5.73. The molecule has 0 radical (unpaired) electrons. The van der Waals surface area contributed by atoms with Crippen LogP contribution in [0.5, 0.6) is 5.75 Å². The third-order valence-corrected chi connectivity index (χ3v) is 4.72. The number of hydrogen-bond acceptors (Lipinski definition) is 4. The highest BCUT2D eigenvalue weighted by atomic mass is 35.5. The Morgan fingerprint density at radius 2 is 1.79 bits per heavy atom. The highest BCUT2D eigenvalue weighted by molar-refractivity contribution is 7.91. The van der Waals surface area contributed by atoms with Gasteiger partial charge in [0.1, 0.15) is 0 Å². The van der Waals surface area contributed by atoms with Crippen LogP contribution in [0, 0.1) is 0 Å². The van der Waals surface area contributed by atoms with Crippen molar-refractivity contribution in [1.29, 1.82) is 0 Å². The van der Waals surface area contributed by atoms with Gasteiger partial charge in [0.2, 0.25) is 5.91 Å². The standard InChI is InChI=1S/C16H13Cl2NO4S/c17-12-6-7-15(14(18)9-12)23-24(21,22)13(10-16(19)20)8-11-4-2-1-3-5-11/h1-9H,10H2,(H2,19,20). The molecule has 126 valence electrons. The van der Waals surface area contributed by atoms with Crippen LogP contribution in [-0.4, -0.2) is 14.3 Å². The van der Waals surface area contributed by atoms with E-state index < -0.39 is 22.4 Å². The Balaban J connectivity index is 2.40. The normalized spacial score (nSPS) is 12.0. The second-order valence-corrected chi connectivity index (χ2v) is 7.22. The van der Waals surface area contributed by atoms with Crippen LogP contribution >= 0.6 is 23.2 Å². The molecule has 5 nitrogen and oxygen atoms in total. The van der Waals surface area contributed by atoms with E-state index in [1.807, 2.05) is 0 Å². The van der Waals surface area contributed by atoms with E-state index in [4.69, 9.17) is 33.1 Å². The van der Waals surface area contributed by atoms with Gasteiger partial charge in [-0.25, -0.2) is 0 Å². The van der Waals surface area contributed by atoms with Gasteiger partial charge in [-0.05, 0) is 29.8 Å². The molecule has 2 aromatic rings. The minimum absolute atomic E-state index is 0.0317. The number of halogens is 2. The maximum atomic E-state index is 12.5. The molecule has 2 aromatic carbocycles. The van der Waals surface area contributed by atoms with Crippen LogP contribution in [0.4, 0.5) is 0 Å². The summed E-state index contributed by atoms with van der Waals surface area (Å²) in [6.07, 6.45) is 0.826. The fraction of sp³-hybridized carbons (Fsp3) is 0.0625. The molecule has 0 bridgehead atoms. The van der Waals surface area contributed by atoms with Crippen molar-refractivity contribution in [1.82, 2.24) is 0 Å². The predicted molar refractivity (Wildman–Crippen MR) is 94.2 cm³/mol. The van der Waals surface area contributed by atoms with E-state index in [9.17, 15) is 13.2 Å². The number of amides is 1. The van der Waals surface area contributed by atoms with Gasteiger partial charge >= 0.3 is 10.1 Å². The van der Waals surface area contributed by atoms with Crippen molar-refractivity contribution in [3.63, 3.8) is 0 Å². The molecule has 0 heterocycles. The molecule has 8 heteroatoms. The van der Waals surface area contributed by atoms with E-state index >= 15 is 0 Å². The molecule has 0 saturated carbocycles. The van der Waals surface area contributed by atoms with Gasteiger partial charge in [0, 0.05) is 5.02 Å². The maximum Gasteiger partial charge on any atom is 0.335 e. The minimum atomic E-state index is -4.27. The number of benzene rings is 2. The lowest BCUT2D eigenvalue weighted by Gasteiger charge is -2.11. The van der Waals surface area contributed by atoms with Crippen molar-refractivity contribution in [3.05, 3.63) is 69.0 Å². The van der Waals surface area contributed by atoms with Crippen molar-refractivity contribution < 1.29 is 17.4 Å². The molecule has 0 fully saturated rings. The van der Waals surface area contributed by atoms with Crippen molar-refractivity contribution in [2.45, 2.75) is 6.42 Å². The Morgan fingerprint density at radius 1 is 1.12 bits per heavy atom. The van der Waals surface area contributed by atoms with Gasteiger partial charge in [-0.2, -0.15) is 8.42 Å². The number of carbonyl (C=O) groups excluding carboxylic acids is 1. The number of hydrogen-bond donors (Lipinski definition) is 1. The lowest BCUT2D eigenvalue weighted by molar-refractivity contribution is -0.117. The maximum absolute atomic E-state index is 12.5. The average molecular weight is 386 g/mol. The Kier molecular flexibility index (Phi) is 5.88. The smallest absolute Gasteiger partial charge is 0.335 e. The lowest BCUT2D eigenvalue weighted by atomic mass is 10.2. The molecular weight excluding hydrogens is 373 g/mol. The van der Waals surface area contributed by atoms with Crippen molar-refractivity contribution >= 4 is 45.3 Å². The molecule has 0 aliphatic rings. The van der Waals surface area contributed by atoms with Gasteiger partial charge in [0.05, 0.1) is 16.3 Å². The van der Waals surface area contributed by atoms with Gasteiger partial charge in [-0.1, -0.05) is 53.5 Å². The monoisotopic (exact) mass is 385 g/mol. The number of primary amides is 1. The molecule has 0 unspecified atom stereocenters. The SMILES string of the molecule is NC(=O)CC(=Cc1ccccc1)S(=O)(=O)Oc1ccc(Cl)cc1Cl. The molecule has 2 rings (SSSR count). The highest BCUT2D eigenvalue weighted by Crippen LogP contribution is 2.30. The summed E-state index contributed by atoms with van der Waals surface area (Å²) >= 11 is 11.7. The van der Waals surface area contributed by atoms with Crippen LogP contribution in [0.1, 0.15) is 12.0 Å². The second kappa shape index (κ2) is 7.70. The molecule has 0 atom stereocenters. The summed E-state index contributed by atoms with van der Waals surface area (Å²) < 4.78 is 30.0. The second-order valence-electron chi connectivity index (χ2n) is 4.78. The predicted octanol–water partition coefficient (Wildman–Crippen LogP) is 3.62. The van der Waals surface area contributed by atoms with Gasteiger partial charge < -0.3 is 9.92 Å². The van der Waals surface area contributed by atoms with Crippen molar-refractivity contribution in [3.8, 4) is 5.75 Å². The quantitative estimate of drug-likeness (QED) is 0.769. The van der Waals surface area contributed by atoms with Crippen LogP contribution in [0.25, 0.3) is 6.08 Å². The van der Waals surface area contributed by atoms with Gasteiger partial charge in [-0.3, -0.25) is 4.79 Å². The van der Waals surface area contributed by atoms with Crippen LogP contribution in [0.3, 0.4) is 0 Å². The fourth-order valence-corrected chi connectivity index (χ4v) is 3.41. The summed E-state index contributed by atoms with van der Waals surface area (Å²) in [7, 11) is -4.27.